The van der Waals surface area contributed by atoms with Crippen molar-refractivity contribution in [2.24, 2.45) is 0 Å². The Kier molecular flexibility index (Phi) is 5.82. The van der Waals surface area contributed by atoms with Crippen LogP contribution in [0, 0.1) is 0 Å². The molecule has 3 aliphatic rings. The van der Waals surface area contributed by atoms with Crippen LogP contribution in [0.15, 0.2) is 18.2 Å². The van der Waals surface area contributed by atoms with Crippen LogP contribution < -0.4 is 5.32 Å². The normalized spacial score (nSPS) is 24.9. The van der Waals surface area contributed by atoms with Gasteiger partial charge in [-0.2, -0.15) is 13.2 Å². The quantitative estimate of drug-likeness (QED) is 0.771. The van der Waals surface area contributed by atoms with E-state index in [1.54, 1.807) is 9.80 Å². The average molecular weight is 448 g/mol. The van der Waals surface area contributed by atoms with E-state index in [0.717, 1.165) is 6.07 Å². The van der Waals surface area contributed by atoms with Crippen LogP contribution in [0.4, 0.5) is 18.0 Å². The Bertz CT molecular complexity index is 832. The molecule has 164 valence electrons. The number of rotatable bonds is 3. The number of carbonyl (C=O) groups is 2. The second kappa shape index (κ2) is 8.24. The van der Waals surface area contributed by atoms with Gasteiger partial charge in [0, 0.05) is 13.1 Å². The minimum Gasteiger partial charge on any atom is -0.370 e. The van der Waals surface area contributed by atoms with Crippen molar-refractivity contribution in [2.75, 3.05) is 32.8 Å². The fourth-order valence-corrected chi connectivity index (χ4v) is 4.18. The fraction of sp³-hybridized carbons (Fsp3) is 0.579. The Labute approximate surface area is 176 Å². The summed E-state index contributed by atoms with van der Waals surface area (Å²) in [5.74, 6) is -0.175. The third kappa shape index (κ3) is 4.50. The SMILES string of the molecule is O=C1CO[C@H]2CCN(C(=O)N3CC(OCc4ccc(C(F)(F)F)c(Cl)c4)C3)C[C@H]2N1. The number of alkyl halides is 3. The molecular formula is C19H21ClF3N3O4. The molecule has 3 saturated heterocycles. The molecule has 3 amide bonds. The molecule has 11 heteroatoms. The van der Waals surface area contributed by atoms with Gasteiger partial charge in [-0.3, -0.25) is 4.79 Å². The summed E-state index contributed by atoms with van der Waals surface area (Å²) >= 11 is 5.72. The van der Waals surface area contributed by atoms with E-state index in [1.807, 2.05) is 0 Å². The minimum atomic E-state index is -4.49. The highest BCUT2D eigenvalue weighted by atomic mass is 35.5. The summed E-state index contributed by atoms with van der Waals surface area (Å²) < 4.78 is 49.4. The number of piperidine rings is 1. The number of fused-ring (bicyclic) bond motifs is 1. The first-order valence-corrected chi connectivity index (χ1v) is 10.0. The van der Waals surface area contributed by atoms with Crippen molar-refractivity contribution in [2.45, 2.75) is 37.5 Å². The van der Waals surface area contributed by atoms with Crippen LogP contribution in [-0.2, 0) is 27.1 Å². The van der Waals surface area contributed by atoms with Gasteiger partial charge in [0.2, 0.25) is 5.91 Å². The summed E-state index contributed by atoms with van der Waals surface area (Å²) in [4.78, 5) is 27.5. The standard InChI is InChI=1S/C19H21ClF3N3O4/c20-14-5-11(1-2-13(14)19(21,22)23)9-29-12-6-26(7-12)18(28)25-4-3-16-15(8-25)24-17(27)10-30-16/h1-2,5,12,15-16H,3-4,6-10H2,(H,24,27)/t15-,16+/m1/s1. The number of carbonyl (C=O) groups excluding carboxylic acids is 2. The number of morpholine rings is 1. The Morgan fingerprint density at radius 3 is 2.73 bits per heavy atom. The van der Waals surface area contributed by atoms with Gasteiger partial charge in [-0.1, -0.05) is 17.7 Å². The number of nitrogens with zero attached hydrogens (tertiary/aromatic N) is 2. The Morgan fingerprint density at radius 2 is 2.03 bits per heavy atom. The summed E-state index contributed by atoms with van der Waals surface area (Å²) in [6, 6.07) is 3.21. The van der Waals surface area contributed by atoms with Crippen molar-refractivity contribution in [3.8, 4) is 0 Å². The lowest BCUT2D eigenvalue weighted by molar-refractivity contribution is -0.140. The third-order valence-electron chi connectivity index (χ3n) is 5.54. The number of ether oxygens (including phenoxy) is 2. The maximum atomic E-state index is 12.8. The van der Waals surface area contributed by atoms with Gasteiger partial charge in [0.1, 0.15) is 6.61 Å². The second-order valence-electron chi connectivity index (χ2n) is 7.69. The highest BCUT2D eigenvalue weighted by Crippen LogP contribution is 2.35. The molecule has 0 unspecified atom stereocenters. The predicted octanol–water partition coefficient (Wildman–Crippen LogP) is 2.27. The average Bonchev–Trinajstić information content (AvgIpc) is 2.65. The molecule has 2 atom stereocenters. The fourth-order valence-electron chi connectivity index (χ4n) is 3.87. The van der Waals surface area contributed by atoms with E-state index in [1.165, 1.54) is 12.1 Å². The number of hydrogen-bond donors (Lipinski definition) is 1. The van der Waals surface area contributed by atoms with Crippen molar-refractivity contribution in [3.05, 3.63) is 34.3 Å². The maximum absolute atomic E-state index is 12.8. The largest absolute Gasteiger partial charge is 0.417 e. The van der Waals surface area contributed by atoms with Gasteiger partial charge in [-0.15, -0.1) is 0 Å². The van der Waals surface area contributed by atoms with Gasteiger partial charge in [0.25, 0.3) is 0 Å². The highest BCUT2D eigenvalue weighted by Gasteiger charge is 2.40. The molecular weight excluding hydrogens is 427 g/mol. The third-order valence-corrected chi connectivity index (χ3v) is 5.85. The number of likely N-dealkylation sites (tertiary alicyclic amines) is 2. The smallest absolute Gasteiger partial charge is 0.370 e. The molecule has 3 aliphatic heterocycles. The lowest BCUT2D eigenvalue weighted by atomic mass is 10.0. The van der Waals surface area contributed by atoms with Crippen molar-refractivity contribution >= 4 is 23.5 Å². The van der Waals surface area contributed by atoms with Crippen molar-refractivity contribution in [3.63, 3.8) is 0 Å². The molecule has 0 bridgehead atoms. The first-order valence-electron chi connectivity index (χ1n) is 9.63. The molecule has 3 fully saturated rings. The summed E-state index contributed by atoms with van der Waals surface area (Å²) in [6.07, 6.45) is -4.08. The first kappa shape index (κ1) is 21.2. The van der Waals surface area contributed by atoms with Crippen molar-refractivity contribution in [1.29, 1.82) is 0 Å². The lowest BCUT2D eigenvalue weighted by Gasteiger charge is -2.45. The van der Waals surface area contributed by atoms with Crippen LogP contribution in [0.2, 0.25) is 5.02 Å². The zero-order valence-corrected chi connectivity index (χ0v) is 16.7. The van der Waals surface area contributed by atoms with E-state index in [2.05, 4.69) is 5.32 Å². The number of amides is 3. The molecule has 0 aromatic heterocycles. The monoisotopic (exact) mass is 447 g/mol. The topological polar surface area (TPSA) is 71.1 Å². The van der Waals surface area contributed by atoms with Gasteiger partial charge in [-0.25, -0.2) is 4.79 Å². The number of nitrogens with one attached hydrogen (secondary N) is 1. The van der Waals surface area contributed by atoms with E-state index < -0.39 is 11.7 Å². The van der Waals surface area contributed by atoms with Gasteiger partial charge < -0.3 is 24.6 Å². The summed E-state index contributed by atoms with van der Waals surface area (Å²) in [7, 11) is 0. The van der Waals surface area contributed by atoms with E-state index in [9.17, 15) is 22.8 Å². The van der Waals surface area contributed by atoms with Crippen LogP contribution in [0.25, 0.3) is 0 Å². The molecule has 3 heterocycles. The number of halogens is 4. The molecule has 1 aromatic carbocycles. The summed E-state index contributed by atoms with van der Waals surface area (Å²) in [6.45, 7) is 1.94. The van der Waals surface area contributed by atoms with Crippen LogP contribution in [0.3, 0.4) is 0 Å². The Hall–Kier alpha value is -2.04. The molecule has 7 nitrogen and oxygen atoms in total. The van der Waals surface area contributed by atoms with E-state index in [0.29, 0.717) is 38.2 Å². The molecule has 0 spiro atoms. The van der Waals surface area contributed by atoms with E-state index >= 15 is 0 Å². The van der Waals surface area contributed by atoms with Crippen LogP contribution in [0.1, 0.15) is 17.5 Å². The van der Waals surface area contributed by atoms with E-state index in [4.69, 9.17) is 21.1 Å². The van der Waals surface area contributed by atoms with Gasteiger partial charge in [-0.05, 0) is 24.1 Å². The number of urea groups is 1. The summed E-state index contributed by atoms with van der Waals surface area (Å²) in [5.41, 5.74) is -0.343. The van der Waals surface area contributed by atoms with Gasteiger partial charge >= 0.3 is 12.2 Å². The van der Waals surface area contributed by atoms with Crippen LogP contribution >= 0.6 is 11.6 Å². The van der Waals surface area contributed by atoms with Gasteiger partial charge in [0.15, 0.2) is 0 Å². The van der Waals surface area contributed by atoms with Crippen molar-refractivity contribution < 1.29 is 32.2 Å². The Morgan fingerprint density at radius 1 is 1.27 bits per heavy atom. The number of benzene rings is 1. The van der Waals surface area contributed by atoms with Gasteiger partial charge in [0.05, 0.1) is 48.5 Å². The minimum absolute atomic E-state index is 0.0599. The molecule has 0 aliphatic carbocycles. The lowest BCUT2D eigenvalue weighted by Crippen LogP contribution is -2.65. The highest BCUT2D eigenvalue weighted by molar-refractivity contribution is 6.31. The first-order chi connectivity index (χ1) is 14.2. The predicted molar refractivity (Wildman–Crippen MR) is 99.9 cm³/mol. The molecule has 0 radical (unpaired) electrons. The molecule has 1 N–H and O–H groups in total. The molecule has 4 rings (SSSR count). The zero-order chi connectivity index (χ0) is 21.5. The van der Waals surface area contributed by atoms with Crippen LogP contribution in [0.5, 0.6) is 0 Å². The maximum Gasteiger partial charge on any atom is 0.417 e. The molecule has 30 heavy (non-hydrogen) atoms. The van der Waals surface area contributed by atoms with Crippen molar-refractivity contribution in [1.82, 2.24) is 15.1 Å². The number of hydrogen-bond acceptors (Lipinski definition) is 4. The van der Waals surface area contributed by atoms with E-state index in [-0.39, 0.29) is 48.4 Å². The summed E-state index contributed by atoms with van der Waals surface area (Å²) in [5, 5.41) is 2.50. The zero-order valence-electron chi connectivity index (χ0n) is 16.0. The Balaban J connectivity index is 1.23. The molecule has 1 aromatic rings. The van der Waals surface area contributed by atoms with Crippen LogP contribution in [-0.4, -0.2) is 72.8 Å². The molecule has 0 saturated carbocycles. The second-order valence-corrected chi connectivity index (χ2v) is 8.10.